The third kappa shape index (κ3) is 4.69. The minimum Gasteiger partial charge on any atom is -0.337 e. The first-order valence-corrected chi connectivity index (χ1v) is 10.8. The molecule has 0 spiro atoms. The predicted octanol–water partition coefficient (Wildman–Crippen LogP) is 1.79. The molecule has 1 atom stereocenters. The second kappa shape index (κ2) is 8.69. The Bertz CT molecular complexity index is 618. The lowest BCUT2D eigenvalue weighted by Crippen LogP contribution is -2.45. The Morgan fingerprint density at radius 1 is 1.15 bits per heavy atom. The van der Waals surface area contributed by atoms with Gasteiger partial charge < -0.3 is 15.1 Å². The van der Waals surface area contributed by atoms with Crippen molar-refractivity contribution in [1.82, 2.24) is 30.1 Å². The van der Waals surface area contributed by atoms with E-state index in [1.807, 2.05) is 15.8 Å². The first-order valence-electron chi connectivity index (χ1n) is 10.8. The number of hydrogen-bond acceptors (Lipinski definition) is 5. The van der Waals surface area contributed by atoms with E-state index in [-0.39, 0.29) is 5.91 Å². The second-order valence-corrected chi connectivity index (χ2v) is 8.81. The van der Waals surface area contributed by atoms with E-state index in [9.17, 15) is 4.79 Å². The number of nitrogens with zero attached hydrogens (tertiary/aromatic N) is 5. The van der Waals surface area contributed by atoms with Gasteiger partial charge >= 0.3 is 0 Å². The van der Waals surface area contributed by atoms with Gasteiger partial charge in [-0.2, -0.15) is 0 Å². The van der Waals surface area contributed by atoms with Crippen LogP contribution >= 0.6 is 0 Å². The standard InChI is InChI=1S/C20H34N6O/c1-16-6-11-24(12-7-16)13-17-3-2-10-25(14-17)20(27)19-15-26(23-22-19)18-4-8-21-9-5-18/h15-18,21H,2-14H2,1H3. The van der Waals surface area contributed by atoms with Crippen molar-refractivity contribution in [3.05, 3.63) is 11.9 Å². The molecule has 3 fully saturated rings. The second-order valence-electron chi connectivity index (χ2n) is 8.81. The summed E-state index contributed by atoms with van der Waals surface area (Å²) in [6, 6.07) is 0.371. The summed E-state index contributed by atoms with van der Waals surface area (Å²) in [6.45, 7) is 9.67. The minimum absolute atomic E-state index is 0.0622. The van der Waals surface area contributed by atoms with Gasteiger partial charge in [0.1, 0.15) is 0 Å². The molecule has 4 heterocycles. The Balaban J connectivity index is 1.32. The van der Waals surface area contributed by atoms with Crippen molar-refractivity contribution in [2.24, 2.45) is 11.8 Å². The van der Waals surface area contributed by atoms with Crippen molar-refractivity contribution in [1.29, 1.82) is 0 Å². The average Bonchev–Trinajstić information content (AvgIpc) is 3.20. The number of nitrogens with one attached hydrogen (secondary N) is 1. The van der Waals surface area contributed by atoms with E-state index in [2.05, 4.69) is 27.5 Å². The van der Waals surface area contributed by atoms with Crippen molar-refractivity contribution in [3.8, 4) is 0 Å². The first kappa shape index (κ1) is 18.9. The van der Waals surface area contributed by atoms with E-state index in [1.165, 1.54) is 32.4 Å². The minimum atomic E-state index is 0.0622. The molecule has 0 saturated carbocycles. The van der Waals surface area contributed by atoms with Gasteiger partial charge in [-0.15, -0.1) is 5.10 Å². The number of carbonyl (C=O) groups is 1. The largest absolute Gasteiger partial charge is 0.337 e. The van der Waals surface area contributed by atoms with E-state index >= 15 is 0 Å². The lowest BCUT2D eigenvalue weighted by Gasteiger charge is -2.37. The fourth-order valence-corrected chi connectivity index (χ4v) is 4.79. The number of piperidine rings is 3. The van der Waals surface area contributed by atoms with Crippen molar-refractivity contribution in [2.75, 3.05) is 45.8 Å². The third-order valence-corrected chi connectivity index (χ3v) is 6.61. The molecule has 1 amide bonds. The van der Waals surface area contributed by atoms with Crippen molar-refractivity contribution < 1.29 is 4.79 Å². The predicted molar refractivity (Wildman–Crippen MR) is 105 cm³/mol. The van der Waals surface area contributed by atoms with Gasteiger partial charge in [-0.05, 0) is 76.5 Å². The van der Waals surface area contributed by atoms with Crippen molar-refractivity contribution in [3.63, 3.8) is 0 Å². The zero-order valence-electron chi connectivity index (χ0n) is 16.6. The number of hydrogen-bond donors (Lipinski definition) is 1. The summed E-state index contributed by atoms with van der Waals surface area (Å²) in [7, 11) is 0. The molecule has 0 radical (unpaired) electrons. The van der Waals surface area contributed by atoms with Crippen LogP contribution in [0.5, 0.6) is 0 Å². The maximum atomic E-state index is 13.0. The van der Waals surface area contributed by atoms with Gasteiger partial charge in [-0.1, -0.05) is 12.1 Å². The van der Waals surface area contributed by atoms with Crippen LogP contribution in [-0.2, 0) is 0 Å². The number of rotatable bonds is 4. The highest BCUT2D eigenvalue weighted by Crippen LogP contribution is 2.23. The normalized spacial score (nSPS) is 26.4. The Morgan fingerprint density at radius 2 is 1.93 bits per heavy atom. The van der Waals surface area contributed by atoms with Gasteiger partial charge in [0, 0.05) is 19.6 Å². The summed E-state index contributed by atoms with van der Waals surface area (Å²) in [4.78, 5) is 17.6. The molecule has 0 aromatic carbocycles. The van der Waals surface area contributed by atoms with E-state index in [4.69, 9.17) is 0 Å². The van der Waals surface area contributed by atoms with E-state index < -0.39 is 0 Å². The van der Waals surface area contributed by atoms with Crippen LogP contribution in [0.4, 0.5) is 0 Å². The third-order valence-electron chi connectivity index (χ3n) is 6.61. The lowest BCUT2D eigenvalue weighted by molar-refractivity contribution is 0.0616. The Hall–Kier alpha value is -1.47. The highest BCUT2D eigenvalue weighted by atomic mass is 16.2. The van der Waals surface area contributed by atoms with E-state index in [0.717, 1.165) is 57.9 Å². The molecule has 7 heteroatoms. The summed E-state index contributed by atoms with van der Waals surface area (Å²) in [5, 5.41) is 11.8. The average molecular weight is 375 g/mol. The van der Waals surface area contributed by atoms with Crippen molar-refractivity contribution in [2.45, 2.75) is 51.5 Å². The number of aromatic nitrogens is 3. The Kier molecular flexibility index (Phi) is 6.08. The Morgan fingerprint density at radius 3 is 2.70 bits per heavy atom. The zero-order chi connectivity index (χ0) is 18.6. The van der Waals surface area contributed by atoms with Gasteiger partial charge in [-0.25, -0.2) is 4.68 Å². The SMILES string of the molecule is CC1CCN(CC2CCCN(C(=O)c3cn(C4CCNCC4)nn3)C2)CC1. The smallest absolute Gasteiger partial charge is 0.276 e. The maximum Gasteiger partial charge on any atom is 0.276 e. The summed E-state index contributed by atoms with van der Waals surface area (Å²) < 4.78 is 1.91. The molecule has 1 N–H and O–H groups in total. The molecule has 1 unspecified atom stereocenters. The van der Waals surface area contributed by atoms with Crippen LogP contribution in [0.3, 0.4) is 0 Å². The van der Waals surface area contributed by atoms with Gasteiger partial charge in [0.25, 0.3) is 5.91 Å². The molecule has 3 aliphatic rings. The van der Waals surface area contributed by atoms with Crippen LogP contribution < -0.4 is 5.32 Å². The molecule has 150 valence electrons. The first-order chi connectivity index (χ1) is 13.2. The quantitative estimate of drug-likeness (QED) is 0.870. The number of likely N-dealkylation sites (tertiary alicyclic amines) is 2. The molecule has 7 nitrogen and oxygen atoms in total. The fourth-order valence-electron chi connectivity index (χ4n) is 4.79. The molecule has 0 bridgehead atoms. The van der Waals surface area contributed by atoms with Gasteiger partial charge in [-0.3, -0.25) is 4.79 Å². The topological polar surface area (TPSA) is 66.3 Å². The van der Waals surface area contributed by atoms with E-state index in [1.54, 1.807) is 0 Å². The van der Waals surface area contributed by atoms with Crippen LogP contribution in [0.1, 0.15) is 62.0 Å². The van der Waals surface area contributed by atoms with Crippen molar-refractivity contribution >= 4 is 5.91 Å². The molecule has 27 heavy (non-hydrogen) atoms. The number of amides is 1. The van der Waals surface area contributed by atoms with Crippen LogP contribution in [0.15, 0.2) is 6.20 Å². The summed E-state index contributed by atoms with van der Waals surface area (Å²) in [5.74, 6) is 1.52. The molecule has 3 aliphatic heterocycles. The van der Waals surface area contributed by atoms with Crippen LogP contribution in [-0.4, -0.2) is 76.5 Å². The van der Waals surface area contributed by atoms with Crippen LogP contribution in [0, 0.1) is 11.8 Å². The molecule has 4 rings (SSSR count). The molecule has 1 aromatic heterocycles. The lowest BCUT2D eigenvalue weighted by atomic mass is 9.94. The molecule has 1 aromatic rings. The molecular formula is C20H34N6O. The zero-order valence-corrected chi connectivity index (χ0v) is 16.6. The van der Waals surface area contributed by atoms with Gasteiger partial charge in [0.15, 0.2) is 5.69 Å². The molecular weight excluding hydrogens is 340 g/mol. The summed E-state index contributed by atoms with van der Waals surface area (Å²) in [6.07, 6.45) is 8.94. The van der Waals surface area contributed by atoms with Gasteiger partial charge in [0.05, 0.1) is 12.2 Å². The highest BCUT2D eigenvalue weighted by molar-refractivity contribution is 5.92. The summed E-state index contributed by atoms with van der Waals surface area (Å²) in [5.41, 5.74) is 0.515. The van der Waals surface area contributed by atoms with Gasteiger partial charge in [0.2, 0.25) is 0 Å². The maximum absolute atomic E-state index is 13.0. The fraction of sp³-hybridized carbons (Fsp3) is 0.850. The molecule has 0 aliphatic carbocycles. The molecule has 3 saturated heterocycles. The Labute approximate surface area is 162 Å². The van der Waals surface area contributed by atoms with Crippen LogP contribution in [0.2, 0.25) is 0 Å². The highest BCUT2D eigenvalue weighted by Gasteiger charge is 2.29. The van der Waals surface area contributed by atoms with E-state index in [0.29, 0.717) is 17.7 Å². The summed E-state index contributed by atoms with van der Waals surface area (Å²) >= 11 is 0. The number of carbonyl (C=O) groups excluding carboxylic acids is 1. The van der Waals surface area contributed by atoms with Crippen LogP contribution in [0.25, 0.3) is 0 Å². The monoisotopic (exact) mass is 374 g/mol.